The highest BCUT2D eigenvalue weighted by atomic mass is 32.2. The van der Waals surface area contributed by atoms with E-state index in [1.807, 2.05) is 0 Å². The molecule has 2 rings (SSSR count). The molecule has 0 fully saturated rings. The van der Waals surface area contributed by atoms with E-state index in [0.29, 0.717) is 0 Å². The monoisotopic (exact) mass is 295 g/mol. The number of aromatic amines is 1. The SMILES string of the molecule is Cn1[nH]c(=O)c(=O)nc1SCC(=O)c1cccc(F)c1. The lowest BCUT2D eigenvalue weighted by atomic mass is 10.1. The van der Waals surface area contributed by atoms with Crippen LogP contribution in [-0.4, -0.2) is 26.3 Å². The molecule has 1 N–H and O–H groups in total. The van der Waals surface area contributed by atoms with E-state index in [4.69, 9.17) is 0 Å². The smallest absolute Gasteiger partial charge is 0.293 e. The highest BCUT2D eigenvalue weighted by molar-refractivity contribution is 7.99. The Morgan fingerprint density at radius 3 is 2.90 bits per heavy atom. The molecule has 20 heavy (non-hydrogen) atoms. The molecule has 0 amide bonds. The van der Waals surface area contributed by atoms with Gasteiger partial charge in [0.15, 0.2) is 10.9 Å². The van der Waals surface area contributed by atoms with Crippen LogP contribution < -0.4 is 11.1 Å². The van der Waals surface area contributed by atoms with Crippen molar-refractivity contribution in [1.82, 2.24) is 14.8 Å². The Hall–Kier alpha value is -2.22. The molecule has 0 atom stereocenters. The average molecular weight is 295 g/mol. The number of benzene rings is 1. The number of aryl methyl sites for hydroxylation is 1. The van der Waals surface area contributed by atoms with Crippen molar-refractivity contribution in [3.63, 3.8) is 0 Å². The third-order valence-corrected chi connectivity index (χ3v) is 3.46. The van der Waals surface area contributed by atoms with Gasteiger partial charge in [-0.15, -0.1) is 0 Å². The molecule has 1 heterocycles. The first kappa shape index (κ1) is 14.2. The topological polar surface area (TPSA) is 84.8 Å². The highest BCUT2D eigenvalue weighted by Crippen LogP contribution is 2.14. The fraction of sp³-hybridized carbons (Fsp3) is 0.167. The summed E-state index contributed by atoms with van der Waals surface area (Å²) in [4.78, 5) is 37.6. The normalized spacial score (nSPS) is 10.5. The molecule has 1 aromatic carbocycles. The summed E-state index contributed by atoms with van der Waals surface area (Å²) in [5, 5.41) is 2.48. The van der Waals surface area contributed by atoms with Crippen LogP contribution in [0, 0.1) is 5.82 Å². The van der Waals surface area contributed by atoms with Crippen LogP contribution in [0.1, 0.15) is 10.4 Å². The molecule has 0 bridgehead atoms. The zero-order valence-electron chi connectivity index (χ0n) is 10.4. The van der Waals surface area contributed by atoms with Crippen molar-refractivity contribution in [1.29, 1.82) is 0 Å². The van der Waals surface area contributed by atoms with Gasteiger partial charge in [-0.25, -0.2) is 4.39 Å². The van der Waals surface area contributed by atoms with Crippen molar-refractivity contribution in [2.45, 2.75) is 5.16 Å². The van der Waals surface area contributed by atoms with E-state index in [9.17, 15) is 18.8 Å². The summed E-state index contributed by atoms with van der Waals surface area (Å²) in [6.45, 7) is 0. The Labute approximate surface area is 116 Å². The number of nitrogens with one attached hydrogen (secondary N) is 1. The molecule has 0 aliphatic heterocycles. The Bertz CT molecular complexity index is 769. The Kier molecular flexibility index (Phi) is 4.14. The maximum Gasteiger partial charge on any atom is 0.339 e. The number of Topliss-reactive ketones (excluding diaryl/α,β-unsaturated/α-hetero) is 1. The predicted octanol–water partition coefficient (Wildman–Crippen LogP) is 0.583. The van der Waals surface area contributed by atoms with Crippen molar-refractivity contribution in [3.05, 3.63) is 56.4 Å². The molecule has 0 aliphatic rings. The first-order valence-electron chi connectivity index (χ1n) is 5.56. The summed E-state index contributed by atoms with van der Waals surface area (Å²) in [5.74, 6) is -0.805. The summed E-state index contributed by atoms with van der Waals surface area (Å²) >= 11 is 0.988. The molecule has 1 aromatic heterocycles. The Morgan fingerprint density at radius 1 is 1.45 bits per heavy atom. The second-order valence-corrected chi connectivity index (χ2v) is 4.86. The molecule has 0 unspecified atom stereocenters. The zero-order chi connectivity index (χ0) is 14.7. The molecule has 8 heteroatoms. The number of halogens is 1. The van der Waals surface area contributed by atoms with Crippen molar-refractivity contribution in [3.8, 4) is 0 Å². The maximum atomic E-state index is 13.0. The number of carbonyl (C=O) groups excluding carboxylic acids is 1. The lowest BCUT2D eigenvalue weighted by Gasteiger charge is -2.05. The molecular weight excluding hydrogens is 285 g/mol. The zero-order valence-corrected chi connectivity index (χ0v) is 11.2. The standard InChI is InChI=1S/C12H10FN3O3S/c1-16-12(14-10(18)11(19)15-16)20-6-9(17)7-3-2-4-8(13)5-7/h2-5H,6H2,1H3,(H,15,19). The van der Waals surface area contributed by atoms with E-state index in [1.165, 1.54) is 29.9 Å². The van der Waals surface area contributed by atoms with Crippen LogP contribution in [0.15, 0.2) is 39.0 Å². The minimum absolute atomic E-state index is 0.0181. The number of aromatic nitrogens is 3. The summed E-state index contributed by atoms with van der Waals surface area (Å²) in [6.07, 6.45) is 0. The van der Waals surface area contributed by atoms with Gasteiger partial charge in [-0.3, -0.25) is 24.2 Å². The Balaban J connectivity index is 2.13. The number of ketones is 1. The van der Waals surface area contributed by atoms with Crippen molar-refractivity contribution in [2.24, 2.45) is 7.05 Å². The molecule has 0 radical (unpaired) electrons. The molecule has 0 saturated heterocycles. The Morgan fingerprint density at radius 2 is 2.20 bits per heavy atom. The van der Waals surface area contributed by atoms with Crippen LogP contribution in [0.4, 0.5) is 4.39 Å². The van der Waals surface area contributed by atoms with Crippen molar-refractivity contribution < 1.29 is 9.18 Å². The quantitative estimate of drug-likeness (QED) is 0.507. The summed E-state index contributed by atoms with van der Waals surface area (Å²) in [5.41, 5.74) is -1.50. The molecular formula is C12H10FN3O3S. The number of carbonyl (C=O) groups is 1. The molecule has 6 nitrogen and oxygen atoms in total. The third kappa shape index (κ3) is 3.21. The summed E-state index contributed by atoms with van der Waals surface area (Å²) in [6, 6.07) is 5.34. The van der Waals surface area contributed by atoms with Crippen LogP contribution in [0.5, 0.6) is 0 Å². The largest absolute Gasteiger partial charge is 0.339 e. The second kappa shape index (κ2) is 5.83. The maximum absolute atomic E-state index is 13.0. The minimum Gasteiger partial charge on any atom is -0.293 e. The van der Waals surface area contributed by atoms with E-state index >= 15 is 0 Å². The van der Waals surface area contributed by atoms with Crippen molar-refractivity contribution in [2.75, 3.05) is 5.75 Å². The number of nitrogens with zero attached hydrogens (tertiary/aromatic N) is 2. The van der Waals surface area contributed by atoms with Gasteiger partial charge in [-0.2, -0.15) is 4.98 Å². The first-order valence-corrected chi connectivity index (χ1v) is 6.55. The van der Waals surface area contributed by atoms with E-state index in [1.54, 1.807) is 0 Å². The van der Waals surface area contributed by atoms with Gasteiger partial charge in [0.05, 0.1) is 5.75 Å². The van der Waals surface area contributed by atoms with Gasteiger partial charge in [0.2, 0.25) is 0 Å². The van der Waals surface area contributed by atoms with Crippen LogP contribution in [-0.2, 0) is 7.05 Å². The van der Waals surface area contributed by atoms with E-state index in [2.05, 4.69) is 10.1 Å². The van der Waals surface area contributed by atoms with Crippen LogP contribution in [0.3, 0.4) is 0 Å². The van der Waals surface area contributed by atoms with Gasteiger partial charge in [0.25, 0.3) is 0 Å². The van der Waals surface area contributed by atoms with Gasteiger partial charge in [-0.05, 0) is 12.1 Å². The third-order valence-electron chi connectivity index (χ3n) is 2.43. The van der Waals surface area contributed by atoms with Crippen LogP contribution in [0.25, 0.3) is 0 Å². The molecule has 2 aromatic rings. The lowest BCUT2D eigenvalue weighted by molar-refractivity contribution is 0.102. The van der Waals surface area contributed by atoms with E-state index < -0.39 is 16.9 Å². The number of thioether (sulfide) groups is 1. The van der Waals surface area contributed by atoms with E-state index in [0.717, 1.165) is 17.8 Å². The van der Waals surface area contributed by atoms with Gasteiger partial charge in [-0.1, -0.05) is 23.9 Å². The number of rotatable bonds is 4. The fourth-order valence-corrected chi connectivity index (χ4v) is 2.28. The number of H-pyrrole nitrogens is 1. The number of hydrogen-bond donors (Lipinski definition) is 1. The average Bonchev–Trinajstić information content (AvgIpc) is 2.41. The van der Waals surface area contributed by atoms with Gasteiger partial charge >= 0.3 is 11.1 Å². The first-order chi connectivity index (χ1) is 9.47. The van der Waals surface area contributed by atoms with Gasteiger partial charge in [0, 0.05) is 12.6 Å². The van der Waals surface area contributed by atoms with Crippen molar-refractivity contribution >= 4 is 17.5 Å². The molecule has 0 saturated carbocycles. The van der Waals surface area contributed by atoms with Gasteiger partial charge in [0.1, 0.15) is 5.82 Å². The van der Waals surface area contributed by atoms with Crippen LogP contribution in [0.2, 0.25) is 0 Å². The second-order valence-electron chi connectivity index (χ2n) is 3.92. The fourth-order valence-electron chi connectivity index (χ4n) is 1.47. The number of hydrogen-bond acceptors (Lipinski definition) is 5. The minimum atomic E-state index is -0.913. The highest BCUT2D eigenvalue weighted by Gasteiger charge is 2.10. The molecule has 0 spiro atoms. The summed E-state index contributed by atoms with van der Waals surface area (Å²) in [7, 11) is 1.50. The van der Waals surface area contributed by atoms with Gasteiger partial charge < -0.3 is 0 Å². The van der Waals surface area contributed by atoms with E-state index in [-0.39, 0.29) is 22.3 Å². The predicted molar refractivity (Wildman–Crippen MR) is 71.6 cm³/mol. The molecule has 104 valence electrons. The summed E-state index contributed by atoms with van der Waals surface area (Å²) < 4.78 is 14.3. The molecule has 0 aliphatic carbocycles. The van der Waals surface area contributed by atoms with Crippen LogP contribution >= 0.6 is 11.8 Å². The lowest BCUT2D eigenvalue weighted by Crippen LogP contribution is -2.34.